The van der Waals surface area contributed by atoms with Crippen LogP contribution >= 0.6 is 0 Å². The van der Waals surface area contributed by atoms with E-state index in [1.807, 2.05) is 42.6 Å². The number of ether oxygens (including phenoxy) is 1. The number of anilines is 2. The van der Waals surface area contributed by atoms with Crippen LogP contribution in [0.4, 0.5) is 11.5 Å². The molecule has 5 rings (SSSR count). The van der Waals surface area contributed by atoms with Crippen molar-refractivity contribution in [1.82, 2.24) is 14.2 Å². The molecule has 2 aromatic heterocycles. The second-order valence-electron chi connectivity index (χ2n) is 8.42. The van der Waals surface area contributed by atoms with Crippen molar-refractivity contribution in [2.75, 3.05) is 11.1 Å². The van der Waals surface area contributed by atoms with Gasteiger partial charge in [0.05, 0.1) is 11.7 Å². The highest BCUT2D eigenvalue weighted by molar-refractivity contribution is 5.94. The fourth-order valence-electron chi connectivity index (χ4n) is 4.17. The lowest BCUT2D eigenvalue weighted by Crippen LogP contribution is -2.29. The van der Waals surface area contributed by atoms with Crippen LogP contribution < -0.4 is 15.8 Å². The number of fused-ring (bicyclic) bond motifs is 1. The average molecular weight is 446 g/mol. The lowest BCUT2D eigenvalue weighted by atomic mass is 9.92. The van der Waals surface area contributed by atoms with Gasteiger partial charge in [-0.25, -0.2) is 4.98 Å². The second-order valence-corrected chi connectivity index (χ2v) is 8.42. The molecule has 0 radical (unpaired) electrons. The number of rotatable bonds is 7. The smallest absolute Gasteiger partial charge is 0.252 e. The Hall–Kier alpha value is -3.78. The summed E-state index contributed by atoms with van der Waals surface area (Å²) < 4.78 is 10.5. The van der Waals surface area contributed by atoms with Crippen LogP contribution in [-0.4, -0.2) is 31.3 Å². The molecule has 8 nitrogen and oxygen atoms in total. The third kappa shape index (κ3) is 3.93. The summed E-state index contributed by atoms with van der Waals surface area (Å²) in [6, 6.07) is 15.8. The lowest BCUT2D eigenvalue weighted by molar-refractivity contribution is -0.123. The molecule has 0 saturated heterocycles. The van der Waals surface area contributed by atoms with Crippen molar-refractivity contribution >= 4 is 22.9 Å². The zero-order valence-corrected chi connectivity index (χ0v) is 18.4. The van der Waals surface area contributed by atoms with Crippen molar-refractivity contribution in [2.24, 2.45) is 0 Å². The summed E-state index contributed by atoms with van der Waals surface area (Å²) in [6.07, 6.45) is 6.14. The molecule has 8 heteroatoms. The van der Waals surface area contributed by atoms with E-state index < -0.39 is 12.0 Å². The number of nitrogen functional groups attached to an aromatic ring is 1. The first kappa shape index (κ1) is 21.1. The van der Waals surface area contributed by atoms with Crippen LogP contribution in [0.15, 0.2) is 60.9 Å². The predicted molar refractivity (Wildman–Crippen MR) is 127 cm³/mol. The van der Waals surface area contributed by atoms with Gasteiger partial charge in [-0.1, -0.05) is 30.3 Å². The number of benzene rings is 2. The van der Waals surface area contributed by atoms with Crippen molar-refractivity contribution in [1.29, 1.82) is 0 Å². The fourth-order valence-corrected chi connectivity index (χ4v) is 4.17. The molecule has 2 aromatic carbocycles. The molecule has 4 N–H and O–H groups in total. The van der Waals surface area contributed by atoms with Gasteiger partial charge in [-0.15, -0.1) is 0 Å². The molecule has 0 bridgehead atoms. The molecule has 1 atom stereocenters. The maximum atomic E-state index is 11.9. The number of carbonyl (C=O) groups is 1. The molecule has 170 valence electrons. The van der Waals surface area contributed by atoms with Gasteiger partial charge < -0.3 is 20.9 Å². The van der Waals surface area contributed by atoms with Crippen LogP contribution in [-0.2, 0) is 11.4 Å². The zero-order chi connectivity index (χ0) is 22.9. The Morgan fingerprint density at radius 3 is 2.85 bits per heavy atom. The van der Waals surface area contributed by atoms with Crippen LogP contribution in [0.2, 0.25) is 0 Å². The molecule has 33 heavy (non-hydrogen) atoms. The molecular weight excluding hydrogens is 418 g/mol. The maximum absolute atomic E-state index is 11.9. The van der Waals surface area contributed by atoms with Gasteiger partial charge in [-0.3, -0.25) is 14.0 Å². The van der Waals surface area contributed by atoms with E-state index >= 15 is 0 Å². The third-order valence-corrected chi connectivity index (χ3v) is 6.16. The molecule has 1 aliphatic carbocycles. The van der Waals surface area contributed by atoms with E-state index in [-0.39, 0.29) is 6.61 Å². The summed E-state index contributed by atoms with van der Waals surface area (Å²) in [5.74, 6) is 0.771. The highest BCUT2D eigenvalue weighted by Crippen LogP contribution is 2.41. The van der Waals surface area contributed by atoms with Crippen molar-refractivity contribution < 1.29 is 14.6 Å². The number of aromatic nitrogens is 3. The molecule has 0 spiro atoms. The second kappa shape index (κ2) is 8.63. The Kier molecular flexibility index (Phi) is 5.51. The third-order valence-electron chi connectivity index (χ3n) is 6.16. The van der Waals surface area contributed by atoms with Gasteiger partial charge in [0.15, 0.2) is 5.82 Å². The number of amides is 1. The van der Waals surface area contributed by atoms with Crippen molar-refractivity contribution in [3.63, 3.8) is 0 Å². The van der Waals surface area contributed by atoms with E-state index in [9.17, 15) is 9.90 Å². The molecule has 0 aliphatic heterocycles. The zero-order valence-electron chi connectivity index (χ0n) is 18.4. The Morgan fingerprint density at radius 1 is 1.27 bits per heavy atom. The maximum Gasteiger partial charge on any atom is 0.252 e. The molecule has 1 saturated carbocycles. The van der Waals surface area contributed by atoms with Gasteiger partial charge in [0.2, 0.25) is 0 Å². The summed E-state index contributed by atoms with van der Waals surface area (Å²) in [6.45, 7) is 1.71. The molecule has 1 unspecified atom stereocenters. The van der Waals surface area contributed by atoms with Gasteiger partial charge in [0.25, 0.3) is 5.91 Å². The summed E-state index contributed by atoms with van der Waals surface area (Å²) in [4.78, 5) is 16.2. The number of nitrogens with two attached hydrogens (primary N) is 1. The molecule has 4 aromatic rings. The van der Waals surface area contributed by atoms with Crippen molar-refractivity contribution in [3.05, 3.63) is 66.5 Å². The van der Waals surface area contributed by atoms with Crippen LogP contribution in [0.3, 0.4) is 0 Å². The number of carbonyl (C=O) groups excluding carboxylic acids is 1. The number of aliphatic hydroxyl groups is 1. The summed E-state index contributed by atoms with van der Waals surface area (Å²) in [5, 5.41) is 12.2. The molecule has 1 fully saturated rings. The van der Waals surface area contributed by atoms with E-state index in [0.29, 0.717) is 23.3 Å². The number of nitrogens with one attached hydrogen (secondary N) is 1. The minimum Gasteiger partial charge on any atom is -0.489 e. The van der Waals surface area contributed by atoms with Crippen LogP contribution in [0, 0.1) is 0 Å². The Balaban J connectivity index is 1.41. The van der Waals surface area contributed by atoms with E-state index in [0.717, 1.165) is 35.2 Å². The Bertz CT molecular complexity index is 1300. The molecule has 1 aliphatic rings. The van der Waals surface area contributed by atoms with Crippen LogP contribution in [0.1, 0.15) is 37.8 Å². The van der Waals surface area contributed by atoms with Gasteiger partial charge in [-0.2, -0.15) is 0 Å². The normalized spacial score (nSPS) is 14.7. The number of hydrogen-bond acceptors (Lipinski definition) is 5. The standard InChI is InChI=1S/C25H27N5O3/c1-16(31)25(32)28-21-11-3-2-6-18(21)15-33-20-10-4-7-17(14-20)22-23-24(26)27-12-13-29(23)30(22)19-8-5-9-19/h2-4,6-7,10-14,16,19,31H,5,8-9,15H2,1H3,(H2,26,27)(H,28,32). The van der Waals surface area contributed by atoms with Gasteiger partial charge in [-0.05, 0) is 44.4 Å². The van der Waals surface area contributed by atoms with Gasteiger partial charge in [0.1, 0.15) is 24.0 Å². The molecule has 1 amide bonds. The largest absolute Gasteiger partial charge is 0.489 e. The van der Waals surface area contributed by atoms with Gasteiger partial charge in [0, 0.05) is 29.2 Å². The topological polar surface area (TPSA) is 107 Å². The van der Waals surface area contributed by atoms with E-state index in [2.05, 4.69) is 25.6 Å². The highest BCUT2D eigenvalue weighted by atomic mass is 16.5. The van der Waals surface area contributed by atoms with Crippen LogP contribution in [0.25, 0.3) is 16.8 Å². The van der Waals surface area contributed by atoms with E-state index in [4.69, 9.17) is 10.5 Å². The summed E-state index contributed by atoms with van der Waals surface area (Å²) >= 11 is 0. The molecular formula is C25H27N5O3. The first-order valence-electron chi connectivity index (χ1n) is 11.2. The monoisotopic (exact) mass is 445 g/mol. The van der Waals surface area contributed by atoms with Crippen LogP contribution in [0.5, 0.6) is 5.75 Å². The first-order valence-corrected chi connectivity index (χ1v) is 11.2. The number of nitrogens with zero attached hydrogens (tertiary/aromatic N) is 3. The average Bonchev–Trinajstić information content (AvgIpc) is 2.76. The Morgan fingerprint density at radius 2 is 2.09 bits per heavy atom. The quantitative estimate of drug-likeness (QED) is 0.398. The van der Waals surface area contributed by atoms with E-state index in [1.54, 1.807) is 12.3 Å². The minimum absolute atomic E-state index is 0.274. The lowest BCUT2D eigenvalue weighted by Gasteiger charge is -2.36. The van der Waals surface area contributed by atoms with E-state index in [1.165, 1.54) is 13.3 Å². The minimum atomic E-state index is -1.09. The number of para-hydroxylation sites is 1. The first-order chi connectivity index (χ1) is 16.0. The SMILES string of the molecule is CC(O)C(=O)Nc1ccccc1COc1cccc(-c2c3c(N)nccn3n2C2CCC2)c1. The van der Waals surface area contributed by atoms with Crippen molar-refractivity contribution in [2.45, 2.75) is 44.9 Å². The summed E-state index contributed by atoms with van der Waals surface area (Å²) in [7, 11) is 0. The Labute approximate surface area is 191 Å². The fraction of sp³-hybridized carbons (Fsp3) is 0.280. The number of hydrogen-bond donors (Lipinski definition) is 3. The van der Waals surface area contributed by atoms with Crippen molar-refractivity contribution in [3.8, 4) is 17.0 Å². The number of aliphatic hydroxyl groups excluding tert-OH is 1. The predicted octanol–water partition coefficient (Wildman–Crippen LogP) is 4.01. The molecule has 2 heterocycles. The van der Waals surface area contributed by atoms with Gasteiger partial charge >= 0.3 is 0 Å². The summed E-state index contributed by atoms with van der Waals surface area (Å²) in [5.41, 5.74) is 10.7. The highest BCUT2D eigenvalue weighted by Gasteiger charge is 2.29.